The van der Waals surface area contributed by atoms with Crippen LogP contribution in [-0.4, -0.2) is 66.4 Å². The molecule has 128 valence electrons. The van der Waals surface area contributed by atoms with Gasteiger partial charge >= 0.3 is 0 Å². The van der Waals surface area contributed by atoms with E-state index in [9.17, 15) is 0 Å². The van der Waals surface area contributed by atoms with Crippen LogP contribution in [0.25, 0.3) is 0 Å². The molecule has 0 saturated heterocycles. The van der Waals surface area contributed by atoms with Crippen molar-refractivity contribution in [3.05, 3.63) is 0 Å². The summed E-state index contributed by atoms with van der Waals surface area (Å²) in [5.41, 5.74) is 0.162. The second-order valence-electron chi connectivity index (χ2n) is 5.94. The van der Waals surface area contributed by atoms with Crippen molar-refractivity contribution in [2.45, 2.75) is 33.6 Å². The minimum Gasteiger partial charge on any atom is -0.379 e. The second kappa shape index (κ2) is 14.7. The van der Waals surface area contributed by atoms with Crippen molar-refractivity contribution in [1.82, 2.24) is 5.32 Å². The van der Waals surface area contributed by atoms with Crippen molar-refractivity contribution in [1.29, 1.82) is 0 Å². The van der Waals surface area contributed by atoms with E-state index in [4.69, 9.17) is 18.9 Å². The predicted octanol–water partition coefficient (Wildman–Crippen LogP) is 2.10. The van der Waals surface area contributed by atoms with Crippen molar-refractivity contribution in [2.24, 2.45) is 5.41 Å². The average Bonchev–Trinajstić information content (AvgIpc) is 2.44. The van der Waals surface area contributed by atoms with E-state index in [0.717, 1.165) is 26.2 Å². The molecule has 0 aromatic heterocycles. The first-order valence-corrected chi connectivity index (χ1v) is 8.08. The first-order chi connectivity index (χ1) is 10.1. The predicted molar refractivity (Wildman–Crippen MR) is 85.9 cm³/mol. The summed E-state index contributed by atoms with van der Waals surface area (Å²) in [6, 6.07) is 0. The minimum atomic E-state index is 0.162. The lowest BCUT2D eigenvalue weighted by molar-refractivity contribution is -0.0126. The molecule has 0 radical (unpaired) electrons. The Morgan fingerprint density at radius 3 is 1.71 bits per heavy atom. The number of ether oxygens (including phenoxy) is 4. The van der Waals surface area contributed by atoms with Crippen molar-refractivity contribution in [3.8, 4) is 0 Å². The summed E-state index contributed by atoms with van der Waals surface area (Å²) in [4.78, 5) is 0. The molecule has 0 aromatic rings. The minimum absolute atomic E-state index is 0.162. The summed E-state index contributed by atoms with van der Waals surface area (Å²) < 4.78 is 21.9. The Morgan fingerprint density at radius 2 is 1.24 bits per heavy atom. The van der Waals surface area contributed by atoms with Gasteiger partial charge in [0.1, 0.15) is 0 Å². The Hall–Kier alpha value is -0.200. The molecule has 0 aliphatic carbocycles. The fraction of sp³-hybridized carbons (Fsp3) is 1.00. The highest BCUT2D eigenvalue weighted by Gasteiger charge is 2.16. The van der Waals surface area contributed by atoms with Gasteiger partial charge in [-0.1, -0.05) is 27.2 Å². The molecule has 0 heterocycles. The van der Waals surface area contributed by atoms with E-state index < -0.39 is 0 Å². The lowest BCUT2D eigenvalue weighted by atomic mass is 9.95. The summed E-state index contributed by atoms with van der Waals surface area (Å²) in [5.74, 6) is 0. The summed E-state index contributed by atoms with van der Waals surface area (Å²) in [5, 5.41) is 3.17. The zero-order valence-corrected chi connectivity index (χ0v) is 14.4. The molecule has 0 fully saturated rings. The van der Waals surface area contributed by atoms with Crippen LogP contribution in [0.1, 0.15) is 33.6 Å². The molecule has 5 heteroatoms. The van der Waals surface area contributed by atoms with E-state index in [-0.39, 0.29) is 5.41 Å². The monoisotopic (exact) mass is 305 g/mol. The SMILES string of the molecule is CCCCOCCOCCOCCOCC(C)(C)CNC. The molecule has 0 amide bonds. The van der Waals surface area contributed by atoms with E-state index in [1.165, 1.54) is 6.42 Å². The Bertz CT molecular complexity index is 212. The molecule has 0 saturated carbocycles. The normalized spacial score (nSPS) is 12.0. The highest BCUT2D eigenvalue weighted by molar-refractivity contribution is 4.69. The van der Waals surface area contributed by atoms with Gasteiger partial charge in [-0.3, -0.25) is 0 Å². The molecule has 1 N–H and O–H groups in total. The molecule has 0 bridgehead atoms. The van der Waals surface area contributed by atoms with Gasteiger partial charge in [0.05, 0.1) is 46.2 Å². The van der Waals surface area contributed by atoms with Gasteiger partial charge in [0.25, 0.3) is 0 Å². The van der Waals surface area contributed by atoms with Crippen LogP contribution >= 0.6 is 0 Å². The summed E-state index contributed by atoms with van der Waals surface area (Å²) in [6.07, 6.45) is 2.29. The maximum absolute atomic E-state index is 5.61. The maximum atomic E-state index is 5.61. The molecule has 0 unspecified atom stereocenters. The number of rotatable bonds is 16. The molecule has 0 rings (SSSR count). The van der Waals surface area contributed by atoms with Gasteiger partial charge in [-0.05, 0) is 13.5 Å². The third-order valence-corrected chi connectivity index (χ3v) is 2.91. The van der Waals surface area contributed by atoms with E-state index in [1.807, 2.05) is 7.05 Å². The molecule has 0 aliphatic heterocycles. The smallest absolute Gasteiger partial charge is 0.0701 e. The fourth-order valence-corrected chi connectivity index (χ4v) is 1.78. The molecule has 5 nitrogen and oxygen atoms in total. The Morgan fingerprint density at radius 1 is 0.762 bits per heavy atom. The topological polar surface area (TPSA) is 49.0 Å². The van der Waals surface area contributed by atoms with Crippen LogP contribution < -0.4 is 5.32 Å². The molecule has 0 aliphatic rings. The van der Waals surface area contributed by atoms with Gasteiger partial charge in [0.15, 0.2) is 0 Å². The number of nitrogens with one attached hydrogen (secondary N) is 1. The van der Waals surface area contributed by atoms with Crippen molar-refractivity contribution in [2.75, 3.05) is 66.4 Å². The lowest BCUT2D eigenvalue weighted by Crippen LogP contribution is -2.31. The van der Waals surface area contributed by atoms with Crippen LogP contribution in [0.3, 0.4) is 0 Å². The van der Waals surface area contributed by atoms with Crippen LogP contribution in [0.15, 0.2) is 0 Å². The molecular formula is C16H35NO4. The van der Waals surface area contributed by atoms with Crippen LogP contribution in [-0.2, 0) is 18.9 Å². The number of hydrogen-bond acceptors (Lipinski definition) is 5. The van der Waals surface area contributed by atoms with Gasteiger partial charge in [0, 0.05) is 18.6 Å². The first-order valence-electron chi connectivity index (χ1n) is 8.08. The van der Waals surface area contributed by atoms with Crippen LogP contribution in [0.2, 0.25) is 0 Å². The van der Waals surface area contributed by atoms with Gasteiger partial charge in [-0.2, -0.15) is 0 Å². The largest absolute Gasteiger partial charge is 0.379 e. The molecule has 0 aromatic carbocycles. The third-order valence-electron chi connectivity index (χ3n) is 2.91. The maximum Gasteiger partial charge on any atom is 0.0701 e. The van der Waals surface area contributed by atoms with Gasteiger partial charge < -0.3 is 24.3 Å². The summed E-state index contributed by atoms with van der Waals surface area (Å²) in [6.45, 7) is 12.8. The lowest BCUT2D eigenvalue weighted by Gasteiger charge is -2.23. The van der Waals surface area contributed by atoms with Gasteiger partial charge in [-0.25, -0.2) is 0 Å². The number of hydrogen-bond donors (Lipinski definition) is 1. The Balaban J connectivity index is 3.12. The van der Waals surface area contributed by atoms with Crippen LogP contribution in [0.4, 0.5) is 0 Å². The fourth-order valence-electron chi connectivity index (χ4n) is 1.78. The molecule has 21 heavy (non-hydrogen) atoms. The van der Waals surface area contributed by atoms with Gasteiger partial charge in [-0.15, -0.1) is 0 Å². The summed E-state index contributed by atoms with van der Waals surface area (Å²) >= 11 is 0. The van der Waals surface area contributed by atoms with Crippen molar-refractivity contribution < 1.29 is 18.9 Å². The average molecular weight is 305 g/mol. The van der Waals surface area contributed by atoms with Crippen molar-refractivity contribution >= 4 is 0 Å². The number of unbranched alkanes of at least 4 members (excludes halogenated alkanes) is 1. The molecule has 0 spiro atoms. The van der Waals surface area contributed by atoms with Crippen LogP contribution in [0, 0.1) is 5.41 Å². The Labute approximate surface area is 130 Å². The van der Waals surface area contributed by atoms with E-state index >= 15 is 0 Å². The van der Waals surface area contributed by atoms with Crippen LogP contribution in [0.5, 0.6) is 0 Å². The second-order valence-corrected chi connectivity index (χ2v) is 5.94. The quantitative estimate of drug-likeness (QED) is 0.443. The van der Waals surface area contributed by atoms with E-state index in [1.54, 1.807) is 0 Å². The van der Waals surface area contributed by atoms with Crippen molar-refractivity contribution in [3.63, 3.8) is 0 Å². The Kier molecular flexibility index (Phi) is 14.6. The van der Waals surface area contributed by atoms with Gasteiger partial charge in [0.2, 0.25) is 0 Å². The first kappa shape index (κ1) is 20.8. The zero-order valence-electron chi connectivity index (χ0n) is 14.4. The van der Waals surface area contributed by atoms with E-state index in [2.05, 4.69) is 26.1 Å². The zero-order chi connectivity index (χ0) is 15.8. The third kappa shape index (κ3) is 16.0. The molecular weight excluding hydrogens is 270 g/mol. The summed E-state index contributed by atoms with van der Waals surface area (Å²) in [7, 11) is 1.96. The van der Waals surface area contributed by atoms with E-state index in [0.29, 0.717) is 39.6 Å². The standard InChI is InChI=1S/C16H35NO4/c1-5-6-7-18-8-9-19-10-11-20-12-13-21-15-16(2,3)14-17-4/h17H,5-15H2,1-4H3. The highest BCUT2D eigenvalue weighted by Crippen LogP contribution is 2.13. The highest BCUT2D eigenvalue weighted by atomic mass is 16.6. The molecule has 0 atom stereocenters.